The summed E-state index contributed by atoms with van der Waals surface area (Å²) in [5.41, 5.74) is 0. The first kappa shape index (κ1) is 16.8. The van der Waals surface area contributed by atoms with Gasteiger partial charge in [-0.15, -0.1) is 0 Å². The third-order valence-electron chi connectivity index (χ3n) is 2.95. The number of unbranched alkanes of at least 4 members (excludes halogenated alkanes) is 6. The van der Waals surface area contributed by atoms with Crippen molar-refractivity contribution >= 4 is 28.6 Å². The highest BCUT2D eigenvalue weighted by Crippen LogP contribution is 2.22. The molecule has 0 aliphatic rings. The van der Waals surface area contributed by atoms with E-state index in [4.69, 9.17) is 4.74 Å². The van der Waals surface area contributed by atoms with Gasteiger partial charge in [0.25, 0.3) is 0 Å². The molecule has 0 fully saturated rings. The van der Waals surface area contributed by atoms with Crippen LogP contribution in [0.3, 0.4) is 0 Å². The number of ether oxygens (including phenoxy) is 1. The Hall–Kier alpha value is -0.220. The van der Waals surface area contributed by atoms with E-state index in [0.29, 0.717) is 12.4 Å². The van der Waals surface area contributed by atoms with Crippen LogP contribution < -0.4 is 4.74 Å². The fourth-order valence-corrected chi connectivity index (χ4v) is 2.43. The highest BCUT2D eigenvalue weighted by Gasteiger charge is 2.03. The lowest BCUT2D eigenvalue weighted by Gasteiger charge is -2.07. The van der Waals surface area contributed by atoms with Gasteiger partial charge in [-0.05, 0) is 36.8 Å². The Kier molecular flexibility index (Phi) is 9.35. The van der Waals surface area contributed by atoms with E-state index in [9.17, 15) is 4.39 Å². The van der Waals surface area contributed by atoms with Crippen LogP contribution in [-0.4, -0.2) is 12.4 Å². The van der Waals surface area contributed by atoms with Crippen molar-refractivity contribution in [3.63, 3.8) is 0 Å². The lowest BCUT2D eigenvalue weighted by atomic mass is 10.1. The van der Waals surface area contributed by atoms with Crippen LogP contribution in [0.25, 0.3) is 0 Å². The maximum atomic E-state index is 13.4. The second-order valence-corrected chi connectivity index (χ2v) is 5.98. The summed E-state index contributed by atoms with van der Waals surface area (Å²) in [5.74, 6) is 1.03. The third kappa shape index (κ3) is 7.83. The van der Waals surface area contributed by atoms with E-state index in [1.165, 1.54) is 38.2 Å². The molecule has 0 unspecified atom stereocenters. The number of hydrogen-bond donors (Lipinski definition) is 1. The van der Waals surface area contributed by atoms with Crippen molar-refractivity contribution in [1.82, 2.24) is 0 Å². The normalized spacial score (nSPS) is 10.7. The Bertz CT molecular complexity index is 360. The number of hydrogen-bond acceptors (Lipinski definition) is 2. The Balaban J connectivity index is 2.03. The Morgan fingerprint density at radius 2 is 1.63 bits per heavy atom. The van der Waals surface area contributed by atoms with Crippen LogP contribution in [0.5, 0.6) is 5.75 Å². The van der Waals surface area contributed by atoms with Gasteiger partial charge >= 0.3 is 0 Å². The van der Waals surface area contributed by atoms with Gasteiger partial charge in [0.2, 0.25) is 0 Å². The van der Waals surface area contributed by atoms with E-state index in [-0.39, 0.29) is 5.82 Å². The molecule has 4 heteroatoms. The number of benzene rings is 1. The molecule has 0 aromatic heterocycles. The van der Waals surface area contributed by atoms with Crippen molar-refractivity contribution in [2.45, 2.75) is 44.9 Å². The Labute approximate surface area is 129 Å². The van der Waals surface area contributed by atoms with Crippen molar-refractivity contribution in [2.75, 3.05) is 12.4 Å². The molecule has 0 aliphatic heterocycles. The topological polar surface area (TPSA) is 9.23 Å². The van der Waals surface area contributed by atoms with E-state index >= 15 is 0 Å². The van der Waals surface area contributed by atoms with Gasteiger partial charge in [0.1, 0.15) is 0 Å². The minimum Gasteiger partial charge on any atom is -0.490 e. The lowest BCUT2D eigenvalue weighted by molar-refractivity contribution is 0.289. The van der Waals surface area contributed by atoms with Gasteiger partial charge < -0.3 is 4.74 Å². The number of rotatable bonds is 10. The second-order valence-electron chi connectivity index (χ2n) is 4.62. The molecule has 0 N–H and O–H groups in total. The van der Waals surface area contributed by atoms with Crippen LogP contribution in [0.1, 0.15) is 44.9 Å². The van der Waals surface area contributed by atoms with Gasteiger partial charge in [0, 0.05) is 4.47 Å². The fourth-order valence-electron chi connectivity index (χ4n) is 1.87. The first-order valence-electron chi connectivity index (χ1n) is 6.93. The quantitative estimate of drug-likeness (QED) is 0.426. The molecule has 0 atom stereocenters. The van der Waals surface area contributed by atoms with Crippen molar-refractivity contribution in [3.8, 4) is 5.75 Å². The molecular formula is C15H22BrFOS. The Morgan fingerprint density at radius 1 is 1.00 bits per heavy atom. The maximum absolute atomic E-state index is 13.4. The van der Waals surface area contributed by atoms with E-state index in [1.807, 2.05) is 0 Å². The van der Waals surface area contributed by atoms with Crippen molar-refractivity contribution in [2.24, 2.45) is 0 Å². The molecule has 0 saturated carbocycles. The molecule has 1 rings (SSSR count). The highest BCUT2D eigenvalue weighted by atomic mass is 79.9. The molecule has 0 spiro atoms. The van der Waals surface area contributed by atoms with Gasteiger partial charge in [-0.1, -0.05) is 48.0 Å². The van der Waals surface area contributed by atoms with Crippen molar-refractivity contribution < 1.29 is 9.13 Å². The molecule has 0 aliphatic carbocycles. The average Bonchev–Trinajstić information content (AvgIpc) is 2.40. The van der Waals surface area contributed by atoms with Crippen LogP contribution >= 0.6 is 28.6 Å². The predicted octanol–water partition coefficient (Wildman–Crippen LogP) is 5.63. The minimum atomic E-state index is -0.296. The Morgan fingerprint density at radius 3 is 2.32 bits per heavy atom. The molecule has 1 aromatic rings. The molecular weight excluding hydrogens is 327 g/mol. The molecule has 108 valence electrons. The van der Waals surface area contributed by atoms with Gasteiger partial charge in [0.15, 0.2) is 11.6 Å². The van der Waals surface area contributed by atoms with Gasteiger partial charge in [-0.2, -0.15) is 12.6 Å². The summed E-state index contributed by atoms with van der Waals surface area (Å²) in [4.78, 5) is 0. The summed E-state index contributed by atoms with van der Waals surface area (Å²) < 4.78 is 19.7. The predicted molar refractivity (Wildman–Crippen MR) is 85.8 cm³/mol. The molecule has 0 radical (unpaired) electrons. The van der Waals surface area contributed by atoms with Crippen LogP contribution in [-0.2, 0) is 0 Å². The van der Waals surface area contributed by atoms with Gasteiger partial charge in [-0.3, -0.25) is 0 Å². The van der Waals surface area contributed by atoms with Gasteiger partial charge in [0.05, 0.1) is 6.61 Å². The first-order chi connectivity index (χ1) is 9.24. The van der Waals surface area contributed by atoms with Crippen LogP contribution in [0.2, 0.25) is 0 Å². The summed E-state index contributed by atoms with van der Waals surface area (Å²) in [6.07, 6.45) is 8.43. The third-order valence-corrected chi connectivity index (χ3v) is 3.76. The summed E-state index contributed by atoms with van der Waals surface area (Å²) >= 11 is 7.50. The van der Waals surface area contributed by atoms with Crippen LogP contribution in [0, 0.1) is 5.82 Å². The van der Waals surface area contributed by atoms with E-state index in [1.54, 1.807) is 12.1 Å². The summed E-state index contributed by atoms with van der Waals surface area (Å²) in [7, 11) is 0. The zero-order valence-corrected chi connectivity index (χ0v) is 13.7. The molecule has 1 nitrogen and oxygen atoms in total. The molecule has 19 heavy (non-hydrogen) atoms. The monoisotopic (exact) mass is 348 g/mol. The van der Waals surface area contributed by atoms with Gasteiger partial charge in [-0.25, -0.2) is 4.39 Å². The zero-order valence-electron chi connectivity index (χ0n) is 11.2. The average molecular weight is 349 g/mol. The second kappa shape index (κ2) is 10.6. The molecule has 0 heterocycles. The van der Waals surface area contributed by atoms with Crippen molar-refractivity contribution in [3.05, 3.63) is 28.5 Å². The summed E-state index contributed by atoms with van der Waals surface area (Å²) in [6, 6.07) is 4.76. The molecule has 0 amide bonds. The van der Waals surface area contributed by atoms with Crippen LogP contribution in [0.4, 0.5) is 4.39 Å². The fraction of sp³-hybridized carbons (Fsp3) is 0.600. The number of thiol groups is 1. The largest absolute Gasteiger partial charge is 0.490 e. The SMILES string of the molecule is Fc1ccc(Br)cc1OCCCCCCCCCS. The van der Waals surface area contributed by atoms with E-state index in [0.717, 1.165) is 23.1 Å². The van der Waals surface area contributed by atoms with Crippen molar-refractivity contribution in [1.29, 1.82) is 0 Å². The van der Waals surface area contributed by atoms with E-state index in [2.05, 4.69) is 28.6 Å². The van der Waals surface area contributed by atoms with E-state index < -0.39 is 0 Å². The molecule has 1 aromatic carbocycles. The minimum absolute atomic E-state index is 0.296. The maximum Gasteiger partial charge on any atom is 0.165 e. The highest BCUT2D eigenvalue weighted by molar-refractivity contribution is 9.10. The summed E-state index contributed by atoms with van der Waals surface area (Å²) in [5, 5.41) is 0. The van der Waals surface area contributed by atoms with Crippen LogP contribution in [0.15, 0.2) is 22.7 Å². The number of halogens is 2. The first-order valence-corrected chi connectivity index (χ1v) is 8.35. The lowest BCUT2D eigenvalue weighted by Crippen LogP contribution is -1.99. The standard InChI is InChI=1S/C15H22BrFOS/c16-13-8-9-14(17)15(12-13)18-10-6-4-2-1-3-5-7-11-19/h8-9,12,19H,1-7,10-11H2. The molecule has 0 bridgehead atoms. The molecule has 0 saturated heterocycles. The zero-order chi connectivity index (χ0) is 13.9. The summed E-state index contributed by atoms with van der Waals surface area (Å²) in [6.45, 7) is 0.587. The smallest absolute Gasteiger partial charge is 0.165 e.